The van der Waals surface area contributed by atoms with E-state index in [1.54, 1.807) is 0 Å². The van der Waals surface area contributed by atoms with Crippen LogP contribution in [0.25, 0.3) is 0 Å². The molecule has 0 aromatic carbocycles. The Morgan fingerprint density at radius 1 is 1.18 bits per heavy atom. The van der Waals surface area contributed by atoms with Gasteiger partial charge in [-0.15, -0.1) is 5.10 Å². The number of hydrogen-bond donors (Lipinski definition) is 0. The monoisotopic (exact) mass is 306 g/mol. The maximum absolute atomic E-state index is 12.7. The second-order valence-electron chi connectivity index (χ2n) is 6.40. The number of amides is 1. The van der Waals surface area contributed by atoms with E-state index in [9.17, 15) is 4.79 Å². The standard InChI is InChI=1S/C16H26N4O2/c1-2-7-14-17-18-16(22-14)20-11-6-8-13(12-20)15(21)19-9-4-3-5-10-19/h13H,2-12H2,1H3/t13-/m1/s1. The molecule has 22 heavy (non-hydrogen) atoms. The highest BCUT2D eigenvalue weighted by atomic mass is 16.4. The molecule has 6 heteroatoms. The van der Waals surface area contributed by atoms with E-state index >= 15 is 0 Å². The first-order valence-electron chi connectivity index (χ1n) is 8.64. The highest BCUT2D eigenvalue weighted by Crippen LogP contribution is 2.25. The summed E-state index contributed by atoms with van der Waals surface area (Å²) in [5.41, 5.74) is 0. The van der Waals surface area contributed by atoms with Gasteiger partial charge in [-0.1, -0.05) is 12.0 Å². The Morgan fingerprint density at radius 2 is 2.00 bits per heavy atom. The van der Waals surface area contributed by atoms with Crippen molar-refractivity contribution in [1.29, 1.82) is 0 Å². The molecule has 0 N–H and O–H groups in total. The molecule has 6 nitrogen and oxygen atoms in total. The molecule has 0 spiro atoms. The van der Waals surface area contributed by atoms with E-state index < -0.39 is 0 Å². The first-order valence-corrected chi connectivity index (χ1v) is 8.64. The van der Waals surface area contributed by atoms with Crippen molar-refractivity contribution in [3.8, 4) is 0 Å². The van der Waals surface area contributed by atoms with Gasteiger partial charge >= 0.3 is 6.01 Å². The van der Waals surface area contributed by atoms with E-state index in [-0.39, 0.29) is 5.92 Å². The molecule has 2 aliphatic heterocycles. The number of hydrogen-bond acceptors (Lipinski definition) is 5. The van der Waals surface area contributed by atoms with Crippen molar-refractivity contribution in [2.45, 2.75) is 51.9 Å². The van der Waals surface area contributed by atoms with E-state index in [1.807, 2.05) is 4.90 Å². The summed E-state index contributed by atoms with van der Waals surface area (Å²) in [5.74, 6) is 1.09. The molecular weight excluding hydrogens is 280 g/mol. The maximum Gasteiger partial charge on any atom is 0.318 e. The Hall–Kier alpha value is -1.59. The average Bonchev–Trinajstić information content (AvgIpc) is 3.04. The highest BCUT2D eigenvalue weighted by molar-refractivity contribution is 5.79. The highest BCUT2D eigenvalue weighted by Gasteiger charge is 2.31. The van der Waals surface area contributed by atoms with Crippen LogP contribution in [0.15, 0.2) is 4.42 Å². The van der Waals surface area contributed by atoms with Gasteiger partial charge in [-0.2, -0.15) is 0 Å². The maximum atomic E-state index is 12.7. The first kappa shape index (κ1) is 15.3. The van der Waals surface area contributed by atoms with Crippen molar-refractivity contribution >= 4 is 11.9 Å². The van der Waals surface area contributed by atoms with Crippen molar-refractivity contribution in [3.63, 3.8) is 0 Å². The van der Waals surface area contributed by atoms with Crippen LogP contribution in [-0.4, -0.2) is 47.2 Å². The fourth-order valence-electron chi connectivity index (χ4n) is 3.41. The molecule has 122 valence electrons. The predicted molar refractivity (Wildman–Crippen MR) is 83.7 cm³/mol. The van der Waals surface area contributed by atoms with Crippen LogP contribution in [0.3, 0.4) is 0 Å². The fourth-order valence-corrected chi connectivity index (χ4v) is 3.41. The van der Waals surface area contributed by atoms with Crippen LogP contribution in [0.4, 0.5) is 6.01 Å². The topological polar surface area (TPSA) is 62.5 Å². The third-order valence-electron chi connectivity index (χ3n) is 4.63. The summed E-state index contributed by atoms with van der Waals surface area (Å²) in [6, 6.07) is 0.583. The van der Waals surface area contributed by atoms with Crippen LogP contribution in [0.5, 0.6) is 0 Å². The Bertz CT molecular complexity index is 496. The van der Waals surface area contributed by atoms with Crippen LogP contribution >= 0.6 is 0 Å². The smallest absolute Gasteiger partial charge is 0.318 e. The van der Waals surface area contributed by atoms with Crippen LogP contribution in [0.1, 0.15) is 51.3 Å². The number of carbonyl (C=O) groups is 1. The zero-order valence-corrected chi connectivity index (χ0v) is 13.5. The summed E-state index contributed by atoms with van der Waals surface area (Å²) in [7, 11) is 0. The molecule has 0 aliphatic carbocycles. The fraction of sp³-hybridized carbons (Fsp3) is 0.812. The van der Waals surface area contributed by atoms with Gasteiger partial charge in [-0.05, 0) is 38.5 Å². The normalized spacial score (nSPS) is 22.9. The van der Waals surface area contributed by atoms with Gasteiger partial charge in [0.05, 0.1) is 5.92 Å². The van der Waals surface area contributed by atoms with Gasteiger partial charge in [0.2, 0.25) is 11.8 Å². The molecule has 0 bridgehead atoms. The third kappa shape index (κ3) is 3.42. The number of carbonyl (C=O) groups excluding carboxylic acids is 1. The van der Waals surface area contributed by atoms with E-state index in [0.717, 1.165) is 58.2 Å². The van der Waals surface area contributed by atoms with Gasteiger partial charge in [0.25, 0.3) is 0 Å². The number of anilines is 1. The molecule has 2 aliphatic rings. The summed E-state index contributed by atoms with van der Waals surface area (Å²) in [4.78, 5) is 16.8. The number of nitrogens with zero attached hydrogens (tertiary/aromatic N) is 4. The molecule has 0 radical (unpaired) electrons. The van der Waals surface area contributed by atoms with Gasteiger partial charge in [-0.25, -0.2) is 0 Å². The zero-order valence-electron chi connectivity index (χ0n) is 13.5. The van der Waals surface area contributed by atoms with Gasteiger partial charge in [0, 0.05) is 32.6 Å². The van der Waals surface area contributed by atoms with Gasteiger partial charge in [0.1, 0.15) is 0 Å². The molecule has 2 saturated heterocycles. The van der Waals surface area contributed by atoms with Gasteiger partial charge in [0.15, 0.2) is 0 Å². The summed E-state index contributed by atoms with van der Waals surface area (Å²) in [6.07, 6.45) is 7.34. The zero-order chi connectivity index (χ0) is 15.4. The molecule has 3 heterocycles. The lowest BCUT2D eigenvalue weighted by Crippen LogP contribution is -2.46. The van der Waals surface area contributed by atoms with Crippen molar-refractivity contribution < 1.29 is 9.21 Å². The van der Waals surface area contributed by atoms with Crippen LogP contribution in [0.2, 0.25) is 0 Å². The molecule has 0 saturated carbocycles. The second kappa shape index (κ2) is 7.11. The van der Waals surface area contributed by atoms with Gasteiger partial charge in [-0.3, -0.25) is 4.79 Å². The second-order valence-corrected chi connectivity index (χ2v) is 6.40. The molecule has 1 aromatic rings. The lowest BCUT2D eigenvalue weighted by molar-refractivity contribution is -0.136. The summed E-state index contributed by atoms with van der Waals surface area (Å²) in [6.45, 7) is 5.56. The van der Waals surface area contributed by atoms with Crippen molar-refractivity contribution in [3.05, 3.63) is 5.89 Å². The minimum Gasteiger partial charge on any atom is -0.408 e. The largest absolute Gasteiger partial charge is 0.408 e. The lowest BCUT2D eigenvalue weighted by atomic mass is 9.96. The Morgan fingerprint density at radius 3 is 2.77 bits per heavy atom. The van der Waals surface area contributed by atoms with E-state index in [0.29, 0.717) is 24.4 Å². The van der Waals surface area contributed by atoms with Gasteiger partial charge < -0.3 is 14.2 Å². The van der Waals surface area contributed by atoms with Crippen molar-refractivity contribution in [2.24, 2.45) is 5.92 Å². The Balaban J connectivity index is 1.61. The lowest BCUT2D eigenvalue weighted by Gasteiger charge is -2.35. The van der Waals surface area contributed by atoms with Crippen LogP contribution < -0.4 is 4.90 Å². The number of likely N-dealkylation sites (tertiary alicyclic amines) is 1. The Kier molecular flexibility index (Phi) is 4.95. The number of aromatic nitrogens is 2. The molecule has 2 fully saturated rings. The molecule has 3 rings (SSSR count). The molecule has 1 aromatic heterocycles. The minimum atomic E-state index is 0.0772. The minimum absolute atomic E-state index is 0.0772. The molecule has 0 unspecified atom stereocenters. The summed E-state index contributed by atoms with van der Waals surface area (Å²) in [5, 5.41) is 8.24. The van der Waals surface area contributed by atoms with Crippen LogP contribution in [-0.2, 0) is 11.2 Å². The Labute approximate surface area is 131 Å². The van der Waals surface area contributed by atoms with E-state index in [4.69, 9.17) is 4.42 Å². The summed E-state index contributed by atoms with van der Waals surface area (Å²) >= 11 is 0. The quantitative estimate of drug-likeness (QED) is 0.854. The predicted octanol–water partition coefficient (Wildman–Crippen LogP) is 2.25. The average molecular weight is 306 g/mol. The number of rotatable bonds is 4. The first-order chi connectivity index (χ1) is 10.8. The SMILES string of the molecule is CCCc1nnc(N2CCC[C@@H](C(=O)N3CCCCC3)C2)o1. The molecular formula is C16H26N4O2. The van der Waals surface area contributed by atoms with Crippen LogP contribution in [0, 0.1) is 5.92 Å². The van der Waals surface area contributed by atoms with E-state index in [2.05, 4.69) is 22.0 Å². The summed E-state index contributed by atoms with van der Waals surface area (Å²) < 4.78 is 5.72. The third-order valence-corrected chi connectivity index (χ3v) is 4.63. The number of piperidine rings is 2. The van der Waals surface area contributed by atoms with Crippen molar-refractivity contribution in [2.75, 3.05) is 31.1 Å². The molecule has 1 atom stereocenters. The van der Waals surface area contributed by atoms with E-state index in [1.165, 1.54) is 6.42 Å². The molecule has 1 amide bonds. The number of aryl methyl sites for hydroxylation is 1. The van der Waals surface area contributed by atoms with Crippen molar-refractivity contribution in [1.82, 2.24) is 15.1 Å².